The molecular weight excluding hydrogens is 364 g/mol. The summed E-state index contributed by atoms with van der Waals surface area (Å²) in [6.07, 6.45) is 3.69. The van der Waals surface area contributed by atoms with Gasteiger partial charge in [-0.25, -0.2) is 13.1 Å². The Balaban J connectivity index is 0.00000200. The van der Waals surface area contributed by atoms with Crippen LogP contribution in [0.2, 0.25) is 0 Å². The van der Waals surface area contributed by atoms with Crippen molar-refractivity contribution in [3.63, 3.8) is 0 Å². The van der Waals surface area contributed by atoms with Crippen molar-refractivity contribution in [3.8, 4) is 0 Å². The van der Waals surface area contributed by atoms with E-state index in [1.54, 1.807) is 18.2 Å². The quantitative estimate of drug-likeness (QED) is 0.839. The lowest BCUT2D eigenvalue weighted by Crippen LogP contribution is -2.51. The fourth-order valence-corrected chi connectivity index (χ4v) is 4.33. The van der Waals surface area contributed by atoms with E-state index in [-0.39, 0.29) is 12.4 Å². The fourth-order valence-electron chi connectivity index (χ4n) is 2.53. The highest BCUT2D eigenvalue weighted by Gasteiger charge is 2.36. The van der Waals surface area contributed by atoms with Gasteiger partial charge in [0.15, 0.2) is 0 Å². The minimum absolute atomic E-state index is 0. The minimum Gasteiger partial charge on any atom is -0.329 e. The van der Waals surface area contributed by atoms with Crippen LogP contribution in [0.4, 0.5) is 0 Å². The molecule has 114 valence electrons. The van der Waals surface area contributed by atoms with Gasteiger partial charge in [0.1, 0.15) is 0 Å². The molecule has 2 rings (SSSR count). The molecule has 0 atom stereocenters. The molecule has 0 heterocycles. The Morgan fingerprint density at radius 3 is 2.45 bits per heavy atom. The molecule has 0 unspecified atom stereocenters. The normalized spacial score (nSPS) is 17.8. The van der Waals surface area contributed by atoms with Crippen molar-refractivity contribution < 1.29 is 8.42 Å². The van der Waals surface area contributed by atoms with Crippen LogP contribution in [-0.4, -0.2) is 20.5 Å². The Labute approximate surface area is 135 Å². The molecule has 20 heavy (non-hydrogen) atoms. The molecule has 0 aromatic heterocycles. The largest absolute Gasteiger partial charge is 0.329 e. The Morgan fingerprint density at radius 1 is 1.35 bits per heavy atom. The molecule has 3 N–H and O–H groups in total. The van der Waals surface area contributed by atoms with E-state index in [2.05, 4.69) is 20.7 Å². The van der Waals surface area contributed by atoms with Crippen molar-refractivity contribution in [1.29, 1.82) is 0 Å². The maximum absolute atomic E-state index is 12.4. The molecule has 7 heteroatoms. The third-order valence-corrected chi connectivity index (χ3v) is 6.21. The zero-order valence-corrected chi connectivity index (χ0v) is 14.6. The molecule has 0 amide bonds. The molecule has 4 nitrogen and oxygen atoms in total. The third-order valence-electron chi connectivity index (χ3n) is 3.74. The molecule has 0 radical (unpaired) electrons. The number of aryl methyl sites for hydroxylation is 1. The molecule has 0 saturated heterocycles. The molecule has 1 fully saturated rings. The van der Waals surface area contributed by atoms with Crippen LogP contribution in [0.1, 0.15) is 31.2 Å². The van der Waals surface area contributed by atoms with Crippen LogP contribution < -0.4 is 10.5 Å². The summed E-state index contributed by atoms with van der Waals surface area (Å²) in [6.45, 7) is 2.22. The van der Waals surface area contributed by atoms with E-state index >= 15 is 0 Å². The Kier molecular flexibility index (Phi) is 6.04. The number of halogens is 2. The Hall–Kier alpha value is -0.140. The number of rotatable bonds is 4. The first kappa shape index (κ1) is 17.9. The second-order valence-electron chi connectivity index (χ2n) is 5.21. The van der Waals surface area contributed by atoms with Crippen LogP contribution in [0.5, 0.6) is 0 Å². The Morgan fingerprint density at radius 2 is 1.95 bits per heavy atom. The van der Waals surface area contributed by atoms with Crippen molar-refractivity contribution in [1.82, 2.24) is 4.72 Å². The summed E-state index contributed by atoms with van der Waals surface area (Å²) in [5.74, 6) is 0. The second-order valence-corrected chi connectivity index (χ2v) is 7.74. The molecule has 0 aliphatic heterocycles. The van der Waals surface area contributed by atoms with E-state index in [4.69, 9.17) is 5.73 Å². The van der Waals surface area contributed by atoms with E-state index in [0.717, 1.165) is 35.7 Å². The third kappa shape index (κ3) is 3.74. The van der Waals surface area contributed by atoms with Gasteiger partial charge >= 0.3 is 0 Å². The number of hydrogen-bond donors (Lipinski definition) is 2. The predicted molar refractivity (Wildman–Crippen MR) is 86.7 cm³/mol. The van der Waals surface area contributed by atoms with E-state index < -0.39 is 15.6 Å². The molecule has 1 aliphatic carbocycles. The molecule has 1 aromatic rings. The van der Waals surface area contributed by atoms with Crippen molar-refractivity contribution >= 4 is 38.4 Å². The lowest BCUT2D eigenvalue weighted by molar-refractivity contribution is 0.399. The lowest BCUT2D eigenvalue weighted by Gasteiger charge is -2.28. The summed E-state index contributed by atoms with van der Waals surface area (Å²) in [7, 11) is -3.50. The minimum atomic E-state index is -3.50. The van der Waals surface area contributed by atoms with Gasteiger partial charge in [0.2, 0.25) is 10.0 Å². The van der Waals surface area contributed by atoms with E-state index in [0.29, 0.717) is 11.4 Å². The van der Waals surface area contributed by atoms with Crippen molar-refractivity contribution in [2.24, 2.45) is 5.73 Å². The van der Waals surface area contributed by atoms with Gasteiger partial charge < -0.3 is 5.73 Å². The van der Waals surface area contributed by atoms with Crippen LogP contribution in [0.25, 0.3) is 0 Å². The first-order chi connectivity index (χ1) is 8.88. The fraction of sp³-hybridized carbons (Fsp3) is 0.538. The SMILES string of the molecule is Cc1cc(S(=O)(=O)NC2(CN)CCCC2)ccc1Br.Cl. The smallest absolute Gasteiger partial charge is 0.241 e. The number of benzene rings is 1. The van der Waals surface area contributed by atoms with Crippen molar-refractivity contribution in [3.05, 3.63) is 28.2 Å². The van der Waals surface area contributed by atoms with Crippen molar-refractivity contribution in [2.45, 2.75) is 43.0 Å². The molecular formula is C13H20BrClN2O2S. The van der Waals surface area contributed by atoms with Crippen LogP contribution >= 0.6 is 28.3 Å². The highest BCUT2D eigenvalue weighted by molar-refractivity contribution is 9.10. The van der Waals surface area contributed by atoms with Crippen LogP contribution in [0.15, 0.2) is 27.6 Å². The average Bonchev–Trinajstić information content (AvgIpc) is 2.81. The van der Waals surface area contributed by atoms with E-state index in [1.165, 1.54) is 0 Å². The summed E-state index contributed by atoms with van der Waals surface area (Å²) >= 11 is 3.37. The molecule has 0 spiro atoms. The summed E-state index contributed by atoms with van der Waals surface area (Å²) in [4.78, 5) is 0.299. The van der Waals surface area contributed by atoms with Gasteiger partial charge in [-0.05, 0) is 43.5 Å². The topological polar surface area (TPSA) is 72.2 Å². The summed E-state index contributed by atoms with van der Waals surface area (Å²) in [6, 6.07) is 5.04. The summed E-state index contributed by atoms with van der Waals surface area (Å²) < 4.78 is 28.6. The van der Waals surface area contributed by atoms with E-state index in [9.17, 15) is 8.42 Å². The number of nitrogens with two attached hydrogens (primary N) is 1. The second kappa shape index (κ2) is 6.75. The number of nitrogens with one attached hydrogen (secondary N) is 1. The molecule has 1 saturated carbocycles. The van der Waals surface area contributed by atoms with Crippen LogP contribution in [0.3, 0.4) is 0 Å². The van der Waals surface area contributed by atoms with Gasteiger partial charge in [-0.1, -0.05) is 28.8 Å². The zero-order valence-electron chi connectivity index (χ0n) is 11.4. The van der Waals surface area contributed by atoms with Gasteiger partial charge in [-0.15, -0.1) is 12.4 Å². The standard InChI is InChI=1S/C13H19BrN2O2S.ClH/c1-10-8-11(4-5-12(10)14)19(17,18)16-13(9-15)6-2-3-7-13;/h4-5,8,16H,2-3,6-7,9,15H2,1H3;1H. The van der Waals surface area contributed by atoms with Gasteiger partial charge in [0.05, 0.1) is 4.90 Å². The molecule has 1 aromatic carbocycles. The number of hydrogen-bond acceptors (Lipinski definition) is 3. The summed E-state index contributed by atoms with van der Waals surface area (Å²) in [5, 5.41) is 0. The first-order valence-electron chi connectivity index (χ1n) is 6.39. The summed E-state index contributed by atoms with van der Waals surface area (Å²) in [5.41, 5.74) is 6.21. The first-order valence-corrected chi connectivity index (χ1v) is 8.66. The zero-order chi connectivity index (χ0) is 14.1. The maximum Gasteiger partial charge on any atom is 0.241 e. The maximum atomic E-state index is 12.4. The Bertz CT molecular complexity index is 572. The van der Waals surface area contributed by atoms with Crippen LogP contribution in [-0.2, 0) is 10.0 Å². The number of sulfonamides is 1. The van der Waals surface area contributed by atoms with Gasteiger partial charge in [0.25, 0.3) is 0 Å². The van der Waals surface area contributed by atoms with Crippen LogP contribution in [0, 0.1) is 6.92 Å². The van der Waals surface area contributed by atoms with Crippen molar-refractivity contribution in [2.75, 3.05) is 6.54 Å². The predicted octanol–water partition coefficient (Wildman–Crippen LogP) is 2.73. The van der Waals surface area contributed by atoms with Gasteiger partial charge in [-0.3, -0.25) is 0 Å². The lowest BCUT2D eigenvalue weighted by atomic mass is 10.0. The molecule has 0 bridgehead atoms. The monoisotopic (exact) mass is 382 g/mol. The average molecular weight is 384 g/mol. The van der Waals surface area contributed by atoms with Gasteiger partial charge in [0, 0.05) is 16.6 Å². The molecule has 1 aliphatic rings. The highest BCUT2D eigenvalue weighted by atomic mass is 79.9. The highest BCUT2D eigenvalue weighted by Crippen LogP contribution is 2.30. The van der Waals surface area contributed by atoms with Gasteiger partial charge in [-0.2, -0.15) is 0 Å². The van der Waals surface area contributed by atoms with E-state index in [1.807, 2.05) is 6.92 Å².